The number of rotatable bonds is 1. The van der Waals surface area contributed by atoms with Gasteiger partial charge in [-0.2, -0.15) is 0 Å². The number of pyridine rings is 1. The fraction of sp³-hybridized carbons (Fsp3) is 0.500. The molecule has 0 saturated carbocycles. The van der Waals surface area contributed by atoms with Gasteiger partial charge in [0.05, 0.1) is 10.2 Å². The van der Waals surface area contributed by atoms with Gasteiger partial charge in [-0.25, -0.2) is 0 Å². The van der Waals surface area contributed by atoms with Crippen LogP contribution in [0.5, 0.6) is 0 Å². The van der Waals surface area contributed by atoms with E-state index in [1.54, 1.807) is 0 Å². The zero-order chi connectivity index (χ0) is 9.10. The van der Waals surface area contributed by atoms with E-state index in [1.165, 1.54) is 38.0 Å². The molecule has 1 aliphatic rings. The largest absolute Gasteiger partial charge is 0.371 e. The molecule has 0 amide bonds. The van der Waals surface area contributed by atoms with Gasteiger partial charge < -0.3 is 4.90 Å². The molecule has 1 aliphatic heterocycles. The number of nitrogens with zero attached hydrogens (tertiary/aromatic N) is 2. The van der Waals surface area contributed by atoms with Crippen LogP contribution in [0.15, 0.2) is 22.9 Å². The lowest BCUT2D eigenvalue weighted by molar-refractivity contribution is 0.577. The summed E-state index contributed by atoms with van der Waals surface area (Å²) in [5, 5.41) is 0. The monoisotopic (exact) mass is 240 g/mol. The minimum Gasteiger partial charge on any atom is -0.371 e. The maximum Gasteiger partial charge on any atom is 0.0592 e. The van der Waals surface area contributed by atoms with Crippen LogP contribution in [0.2, 0.25) is 0 Å². The van der Waals surface area contributed by atoms with Crippen LogP contribution in [0.1, 0.15) is 19.3 Å². The Morgan fingerprint density at radius 2 is 2.00 bits per heavy atom. The van der Waals surface area contributed by atoms with Gasteiger partial charge in [0.25, 0.3) is 0 Å². The molecule has 3 heteroatoms. The van der Waals surface area contributed by atoms with E-state index < -0.39 is 0 Å². The molecule has 0 unspecified atom stereocenters. The fourth-order valence-corrected chi connectivity index (χ4v) is 2.26. The molecule has 1 aromatic rings. The Balaban J connectivity index is 2.18. The van der Waals surface area contributed by atoms with Crippen LogP contribution in [0, 0.1) is 0 Å². The number of hydrogen-bond acceptors (Lipinski definition) is 2. The standard InChI is InChI=1S/C10H13BrN2/c11-9-8-12-5-4-10(9)13-6-2-1-3-7-13/h4-5,8H,1-3,6-7H2. The molecule has 2 rings (SSSR count). The second-order valence-corrected chi connectivity index (χ2v) is 4.23. The molecule has 0 bridgehead atoms. The highest BCUT2D eigenvalue weighted by Crippen LogP contribution is 2.26. The number of hydrogen-bond donors (Lipinski definition) is 0. The molecule has 70 valence electrons. The number of anilines is 1. The van der Waals surface area contributed by atoms with Gasteiger partial charge in [-0.3, -0.25) is 4.98 Å². The minimum atomic E-state index is 1.11. The van der Waals surface area contributed by atoms with E-state index in [0.717, 1.165) is 4.47 Å². The lowest BCUT2D eigenvalue weighted by Gasteiger charge is -2.29. The zero-order valence-corrected chi connectivity index (χ0v) is 9.13. The highest BCUT2D eigenvalue weighted by molar-refractivity contribution is 9.10. The topological polar surface area (TPSA) is 16.1 Å². The Hall–Kier alpha value is -0.570. The molecule has 0 radical (unpaired) electrons. The molecule has 2 nitrogen and oxygen atoms in total. The highest BCUT2D eigenvalue weighted by atomic mass is 79.9. The normalized spacial score (nSPS) is 17.5. The van der Waals surface area contributed by atoms with Crippen molar-refractivity contribution >= 4 is 21.6 Å². The smallest absolute Gasteiger partial charge is 0.0592 e. The average molecular weight is 241 g/mol. The second kappa shape index (κ2) is 4.09. The summed E-state index contributed by atoms with van der Waals surface area (Å²) >= 11 is 3.53. The highest BCUT2D eigenvalue weighted by Gasteiger charge is 2.12. The van der Waals surface area contributed by atoms with Gasteiger partial charge in [0.15, 0.2) is 0 Å². The third-order valence-corrected chi connectivity index (χ3v) is 3.06. The molecule has 0 atom stereocenters. The number of halogens is 1. The van der Waals surface area contributed by atoms with Gasteiger partial charge in [-0.1, -0.05) is 0 Å². The van der Waals surface area contributed by atoms with Crippen LogP contribution < -0.4 is 4.90 Å². The Morgan fingerprint density at radius 1 is 1.23 bits per heavy atom. The summed E-state index contributed by atoms with van der Waals surface area (Å²) in [6, 6.07) is 2.08. The molecular weight excluding hydrogens is 228 g/mol. The predicted molar refractivity (Wildman–Crippen MR) is 58.0 cm³/mol. The summed E-state index contributed by atoms with van der Waals surface area (Å²) in [4.78, 5) is 6.49. The molecule has 1 fully saturated rings. The molecule has 1 saturated heterocycles. The van der Waals surface area contributed by atoms with Crippen LogP contribution in [0.4, 0.5) is 5.69 Å². The van der Waals surface area contributed by atoms with Gasteiger partial charge in [0.2, 0.25) is 0 Å². The first-order valence-electron chi connectivity index (χ1n) is 4.72. The predicted octanol–water partition coefficient (Wildman–Crippen LogP) is 2.83. The Labute approximate surface area is 87.1 Å². The first-order valence-corrected chi connectivity index (χ1v) is 5.52. The van der Waals surface area contributed by atoms with Crippen LogP contribution in [0.3, 0.4) is 0 Å². The van der Waals surface area contributed by atoms with E-state index in [1.807, 2.05) is 12.4 Å². The summed E-state index contributed by atoms with van der Waals surface area (Å²) in [7, 11) is 0. The molecular formula is C10H13BrN2. The lowest BCUT2D eigenvalue weighted by atomic mass is 10.1. The van der Waals surface area contributed by atoms with E-state index in [-0.39, 0.29) is 0 Å². The van der Waals surface area contributed by atoms with E-state index in [4.69, 9.17) is 0 Å². The average Bonchev–Trinajstić information content (AvgIpc) is 2.20. The minimum absolute atomic E-state index is 1.11. The van der Waals surface area contributed by atoms with Gasteiger partial charge in [0, 0.05) is 25.5 Å². The van der Waals surface area contributed by atoms with Crippen molar-refractivity contribution in [2.24, 2.45) is 0 Å². The first-order chi connectivity index (χ1) is 6.38. The first kappa shape index (κ1) is 9.00. The second-order valence-electron chi connectivity index (χ2n) is 3.37. The lowest BCUT2D eigenvalue weighted by Crippen LogP contribution is -2.29. The van der Waals surface area contributed by atoms with E-state index >= 15 is 0 Å². The van der Waals surface area contributed by atoms with Crippen molar-refractivity contribution in [3.63, 3.8) is 0 Å². The Morgan fingerprint density at radius 3 is 2.69 bits per heavy atom. The van der Waals surface area contributed by atoms with Crippen molar-refractivity contribution in [2.45, 2.75) is 19.3 Å². The maximum atomic E-state index is 4.07. The summed E-state index contributed by atoms with van der Waals surface area (Å²) in [6.45, 7) is 2.37. The molecule has 0 aromatic carbocycles. The summed E-state index contributed by atoms with van der Waals surface area (Å²) in [5.74, 6) is 0. The van der Waals surface area contributed by atoms with Crippen molar-refractivity contribution < 1.29 is 0 Å². The van der Waals surface area contributed by atoms with Crippen molar-refractivity contribution in [1.29, 1.82) is 0 Å². The van der Waals surface area contributed by atoms with Gasteiger partial charge in [-0.05, 0) is 41.3 Å². The van der Waals surface area contributed by atoms with Crippen LogP contribution in [-0.2, 0) is 0 Å². The number of aromatic nitrogens is 1. The van der Waals surface area contributed by atoms with E-state index in [2.05, 4.69) is 31.9 Å². The quantitative estimate of drug-likeness (QED) is 0.751. The SMILES string of the molecule is Brc1cnccc1N1CCCCC1. The fourth-order valence-electron chi connectivity index (χ4n) is 1.76. The maximum absolute atomic E-state index is 4.07. The van der Waals surface area contributed by atoms with Crippen molar-refractivity contribution in [3.05, 3.63) is 22.9 Å². The molecule has 0 aliphatic carbocycles. The van der Waals surface area contributed by atoms with Crippen molar-refractivity contribution in [3.8, 4) is 0 Å². The summed E-state index contributed by atoms with van der Waals surface area (Å²) in [5.41, 5.74) is 1.29. The van der Waals surface area contributed by atoms with E-state index in [9.17, 15) is 0 Å². The number of piperidine rings is 1. The molecule has 2 heterocycles. The van der Waals surface area contributed by atoms with Gasteiger partial charge in [0.1, 0.15) is 0 Å². The molecule has 0 spiro atoms. The van der Waals surface area contributed by atoms with Gasteiger partial charge in [-0.15, -0.1) is 0 Å². The molecule has 0 N–H and O–H groups in total. The summed E-state index contributed by atoms with van der Waals surface area (Å²) in [6.07, 6.45) is 7.72. The zero-order valence-electron chi connectivity index (χ0n) is 7.54. The van der Waals surface area contributed by atoms with Crippen molar-refractivity contribution in [1.82, 2.24) is 4.98 Å². The molecule has 13 heavy (non-hydrogen) atoms. The van der Waals surface area contributed by atoms with Crippen LogP contribution >= 0.6 is 15.9 Å². The molecule has 1 aromatic heterocycles. The Bertz CT molecular complexity index is 282. The van der Waals surface area contributed by atoms with Crippen LogP contribution in [0.25, 0.3) is 0 Å². The summed E-state index contributed by atoms with van der Waals surface area (Å²) < 4.78 is 1.11. The van der Waals surface area contributed by atoms with Gasteiger partial charge >= 0.3 is 0 Å². The third-order valence-electron chi connectivity index (χ3n) is 2.45. The van der Waals surface area contributed by atoms with E-state index in [0.29, 0.717) is 0 Å². The van der Waals surface area contributed by atoms with Crippen molar-refractivity contribution in [2.75, 3.05) is 18.0 Å². The van der Waals surface area contributed by atoms with Crippen LogP contribution in [-0.4, -0.2) is 18.1 Å². The Kier molecular flexibility index (Phi) is 2.83. The third kappa shape index (κ3) is 2.02.